The molecule has 2 aromatic carbocycles. The molecular weight excluding hydrogens is 480 g/mol. The lowest BCUT2D eigenvalue weighted by Gasteiger charge is -2.23. The number of aliphatic hydroxyl groups is 1. The lowest BCUT2D eigenvalue weighted by Crippen LogP contribution is -2.29. The lowest BCUT2D eigenvalue weighted by atomic mass is 9.94. The summed E-state index contributed by atoms with van der Waals surface area (Å²) in [4.78, 5) is 45.0. The third-order valence-corrected chi connectivity index (χ3v) is 7.09. The quantitative estimate of drug-likeness (QED) is 0.220. The van der Waals surface area contributed by atoms with Gasteiger partial charge in [0.25, 0.3) is 5.78 Å². The van der Waals surface area contributed by atoms with E-state index in [1.54, 1.807) is 51.3 Å². The van der Waals surface area contributed by atoms with Gasteiger partial charge in [0, 0.05) is 5.56 Å². The van der Waals surface area contributed by atoms with E-state index in [1.807, 2.05) is 26.0 Å². The average Bonchev–Trinajstić information content (AvgIpc) is 3.36. The SMILES string of the molecule is CCOC(=O)c1sc(N2C(=O)C(=O)C(=C(O)c3ccc(OC)c(C)c3)C2c2ccc(C)cc2)nc1C. The molecule has 1 unspecified atom stereocenters. The monoisotopic (exact) mass is 506 g/mol. The van der Waals surface area contributed by atoms with Gasteiger partial charge in [-0.3, -0.25) is 14.5 Å². The normalized spacial score (nSPS) is 16.9. The molecule has 8 nitrogen and oxygen atoms in total. The summed E-state index contributed by atoms with van der Waals surface area (Å²) < 4.78 is 10.4. The van der Waals surface area contributed by atoms with Gasteiger partial charge < -0.3 is 14.6 Å². The van der Waals surface area contributed by atoms with Crippen molar-refractivity contribution in [3.63, 3.8) is 0 Å². The molecule has 1 fully saturated rings. The van der Waals surface area contributed by atoms with E-state index in [0.29, 0.717) is 22.6 Å². The second-order valence-electron chi connectivity index (χ2n) is 8.40. The number of carbonyl (C=O) groups excluding carboxylic acids is 3. The van der Waals surface area contributed by atoms with E-state index < -0.39 is 23.7 Å². The molecule has 0 spiro atoms. The molecule has 1 aliphatic heterocycles. The highest BCUT2D eigenvalue weighted by Gasteiger charge is 2.48. The van der Waals surface area contributed by atoms with Crippen LogP contribution in [0.15, 0.2) is 48.0 Å². The van der Waals surface area contributed by atoms with E-state index in [1.165, 1.54) is 4.90 Å². The Bertz CT molecular complexity index is 1390. The molecule has 1 N–H and O–H groups in total. The summed E-state index contributed by atoms with van der Waals surface area (Å²) in [6, 6.07) is 11.4. The molecular formula is C27H26N2O6S. The summed E-state index contributed by atoms with van der Waals surface area (Å²) in [5, 5.41) is 11.5. The molecule has 186 valence electrons. The molecule has 1 saturated heterocycles. The van der Waals surface area contributed by atoms with Gasteiger partial charge in [-0.1, -0.05) is 41.2 Å². The molecule has 3 aromatic rings. The van der Waals surface area contributed by atoms with Crippen molar-refractivity contribution in [1.29, 1.82) is 0 Å². The fourth-order valence-electron chi connectivity index (χ4n) is 4.15. The summed E-state index contributed by atoms with van der Waals surface area (Å²) in [5.74, 6) is -1.89. The number of carbonyl (C=O) groups is 3. The molecule has 0 radical (unpaired) electrons. The van der Waals surface area contributed by atoms with E-state index in [-0.39, 0.29) is 27.9 Å². The Morgan fingerprint density at radius 1 is 1.11 bits per heavy atom. The van der Waals surface area contributed by atoms with Gasteiger partial charge in [0.2, 0.25) is 0 Å². The largest absolute Gasteiger partial charge is 0.507 e. The van der Waals surface area contributed by atoms with Crippen molar-refractivity contribution in [2.45, 2.75) is 33.7 Å². The van der Waals surface area contributed by atoms with Gasteiger partial charge >= 0.3 is 11.9 Å². The number of hydrogen-bond acceptors (Lipinski definition) is 8. The molecule has 36 heavy (non-hydrogen) atoms. The maximum Gasteiger partial charge on any atom is 0.350 e. The van der Waals surface area contributed by atoms with Gasteiger partial charge in [0.05, 0.1) is 31.0 Å². The van der Waals surface area contributed by atoms with E-state index in [9.17, 15) is 19.5 Å². The van der Waals surface area contributed by atoms with Crippen molar-refractivity contribution in [1.82, 2.24) is 4.98 Å². The van der Waals surface area contributed by atoms with Crippen LogP contribution in [0.2, 0.25) is 0 Å². The van der Waals surface area contributed by atoms with Crippen molar-refractivity contribution in [3.05, 3.63) is 80.9 Å². The fourth-order valence-corrected chi connectivity index (χ4v) is 5.13. The van der Waals surface area contributed by atoms with Crippen LogP contribution in [0.5, 0.6) is 5.75 Å². The second-order valence-corrected chi connectivity index (χ2v) is 9.37. The third-order valence-electron chi connectivity index (χ3n) is 5.96. The van der Waals surface area contributed by atoms with Crippen LogP contribution in [0, 0.1) is 20.8 Å². The lowest BCUT2D eigenvalue weighted by molar-refractivity contribution is -0.132. The number of thiazole rings is 1. The second kappa shape index (κ2) is 9.94. The standard InChI is InChI=1S/C27H26N2O6S/c1-6-35-26(33)24-16(4)28-27(36-24)29-21(17-9-7-14(2)8-10-17)20(23(31)25(29)32)22(30)18-11-12-19(34-5)15(3)13-18/h7-13,21,30H,6H2,1-5H3. The predicted octanol–water partition coefficient (Wildman–Crippen LogP) is 4.88. The summed E-state index contributed by atoms with van der Waals surface area (Å²) in [6.45, 7) is 7.29. The Balaban J connectivity index is 1.91. The van der Waals surface area contributed by atoms with Gasteiger partial charge in [-0.2, -0.15) is 0 Å². The first-order valence-corrected chi connectivity index (χ1v) is 12.2. The summed E-state index contributed by atoms with van der Waals surface area (Å²) >= 11 is 0.976. The fraction of sp³-hybridized carbons (Fsp3) is 0.259. The van der Waals surface area contributed by atoms with Crippen LogP contribution in [0.25, 0.3) is 5.76 Å². The van der Waals surface area contributed by atoms with E-state index >= 15 is 0 Å². The Kier molecular flexibility index (Phi) is 6.94. The van der Waals surface area contributed by atoms with Crippen LogP contribution >= 0.6 is 11.3 Å². The number of aliphatic hydroxyl groups excluding tert-OH is 1. The Labute approximate surface area is 212 Å². The summed E-state index contributed by atoms with van der Waals surface area (Å²) in [7, 11) is 1.55. The molecule has 4 rings (SSSR count). The molecule has 1 amide bonds. The number of benzene rings is 2. The molecule has 0 aliphatic carbocycles. The van der Waals surface area contributed by atoms with Crippen LogP contribution < -0.4 is 9.64 Å². The zero-order valence-corrected chi connectivity index (χ0v) is 21.4. The molecule has 0 saturated carbocycles. The van der Waals surface area contributed by atoms with Crippen LogP contribution in [-0.4, -0.2) is 41.5 Å². The Morgan fingerprint density at radius 2 is 1.81 bits per heavy atom. The topological polar surface area (TPSA) is 106 Å². The number of hydrogen-bond donors (Lipinski definition) is 1. The molecule has 1 aromatic heterocycles. The van der Waals surface area contributed by atoms with Crippen molar-refractivity contribution < 1.29 is 29.0 Å². The Morgan fingerprint density at radius 3 is 2.42 bits per heavy atom. The number of aromatic nitrogens is 1. The number of amides is 1. The van der Waals surface area contributed by atoms with E-state index in [2.05, 4.69) is 4.98 Å². The van der Waals surface area contributed by atoms with Crippen molar-refractivity contribution in [2.24, 2.45) is 0 Å². The molecule has 1 aliphatic rings. The average molecular weight is 507 g/mol. The third kappa shape index (κ3) is 4.37. The maximum absolute atomic E-state index is 13.3. The van der Waals surface area contributed by atoms with Crippen LogP contribution in [0.1, 0.15) is 50.6 Å². The highest BCUT2D eigenvalue weighted by atomic mass is 32.1. The molecule has 2 heterocycles. The minimum atomic E-state index is -0.936. The van der Waals surface area contributed by atoms with Gasteiger partial charge in [-0.25, -0.2) is 9.78 Å². The predicted molar refractivity (Wildman–Crippen MR) is 137 cm³/mol. The van der Waals surface area contributed by atoms with Crippen molar-refractivity contribution in [3.8, 4) is 5.75 Å². The van der Waals surface area contributed by atoms with E-state index in [4.69, 9.17) is 9.47 Å². The first kappa shape index (κ1) is 25.1. The van der Waals surface area contributed by atoms with E-state index in [0.717, 1.165) is 22.5 Å². The number of Topliss-reactive ketones (excluding diaryl/α,β-unsaturated/α-hetero) is 1. The smallest absolute Gasteiger partial charge is 0.350 e. The zero-order chi connectivity index (χ0) is 26.1. The summed E-state index contributed by atoms with van der Waals surface area (Å²) in [6.07, 6.45) is 0. The number of rotatable bonds is 6. The van der Waals surface area contributed by atoms with Crippen LogP contribution in [0.3, 0.4) is 0 Å². The van der Waals surface area contributed by atoms with Crippen LogP contribution in [0.4, 0.5) is 5.13 Å². The number of methoxy groups -OCH3 is 1. The number of ketones is 1. The molecule has 9 heteroatoms. The molecule has 0 bridgehead atoms. The number of nitrogens with zero attached hydrogens (tertiary/aromatic N) is 2. The number of anilines is 1. The van der Waals surface area contributed by atoms with Gasteiger partial charge in [0.15, 0.2) is 5.13 Å². The zero-order valence-electron chi connectivity index (χ0n) is 20.6. The first-order valence-electron chi connectivity index (χ1n) is 11.3. The van der Waals surface area contributed by atoms with Crippen LogP contribution in [-0.2, 0) is 14.3 Å². The van der Waals surface area contributed by atoms with Gasteiger partial charge in [0.1, 0.15) is 16.4 Å². The number of ether oxygens (including phenoxy) is 2. The Hall–Kier alpha value is -3.98. The van der Waals surface area contributed by atoms with Crippen molar-refractivity contribution in [2.75, 3.05) is 18.6 Å². The highest BCUT2D eigenvalue weighted by Crippen LogP contribution is 2.44. The van der Waals surface area contributed by atoms with Gasteiger partial charge in [-0.15, -0.1) is 0 Å². The highest BCUT2D eigenvalue weighted by molar-refractivity contribution is 7.17. The first-order chi connectivity index (χ1) is 17.2. The number of esters is 1. The number of aryl methyl sites for hydroxylation is 3. The van der Waals surface area contributed by atoms with Gasteiger partial charge in [-0.05, 0) is 57.0 Å². The van der Waals surface area contributed by atoms with Crippen molar-refractivity contribution >= 4 is 39.9 Å². The molecule has 1 atom stereocenters. The minimum absolute atomic E-state index is 0.0565. The maximum atomic E-state index is 13.3. The summed E-state index contributed by atoms with van der Waals surface area (Å²) in [5.41, 5.74) is 3.10. The minimum Gasteiger partial charge on any atom is -0.507 e.